The van der Waals surface area contributed by atoms with Crippen molar-refractivity contribution in [3.05, 3.63) is 164 Å². The van der Waals surface area contributed by atoms with Crippen molar-refractivity contribution in [3.63, 3.8) is 0 Å². The average Bonchev–Trinajstić information content (AvgIpc) is 3.71. The van der Waals surface area contributed by atoms with Crippen molar-refractivity contribution in [1.29, 1.82) is 0 Å². The van der Waals surface area contributed by atoms with Gasteiger partial charge in [-0.2, -0.15) is 11.3 Å². The molecule has 0 aliphatic carbocycles. The normalized spacial score (nSPS) is 11.2. The van der Waals surface area contributed by atoms with Gasteiger partial charge < -0.3 is 9.55 Å². The van der Waals surface area contributed by atoms with Crippen molar-refractivity contribution in [2.75, 3.05) is 0 Å². The van der Waals surface area contributed by atoms with Crippen LogP contribution >= 0.6 is 11.3 Å². The molecule has 9 aromatic rings. The number of fused-ring (bicyclic) bond motifs is 4. The van der Waals surface area contributed by atoms with Crippen molar-refractivity contribution < 1.29 is 21.1 Å². The summed E-state index contributed by atoms with van der Waals surface area (Å²) in [5, 5.41) is 3.30. The largest absolute Gasteiger partial charge is 2.00 e. The molecular formula is C42H25N3PtS. The van der Waals surface area contributed by atoms with E-state index in [9.17, 15) is 0 Å². The number of thiazole rings is 1. The summed E-state index contributed by atoms with van der Waals surface area (Å²) in [6.45, 7) is 0. The molecule has 0 aliphatic heterocycles. The number of pyridine rings is 1. The number of nitrogens with zero attached hydrogens (tertiary/aromatic N) is 3. The van der Waals surface area contributed by atoms with Gasteiger partial charge in [0.1, 0.15) is 0 Å². The zero-order chi connectivity index (χ0) is 30.5. The smallest absolute Gasteiger partial charge is 0.346 e. The first-order valence-corrected chi connectivity index (χ1v) is 16.1. The molecule has 0 atom stereocenters. The molecule has 47 heavy (non-hydrogen) atoms. The quantitative estimate of drug-likeness (QED) is 0.162. The molecule has 0 amide bonds. The van der Waals surface area contributed by atoms with E-state index in [0.29, 0.717) is 0 Å². The third-order valence-corrected chi connectivity index (χ3v) is 9.56. The van der Waals surface area contributed by atoms with E-state index in [4.69, 9.17) is 9.97 Å². The standard InChI is InChI=1S/C42H25N3S.Pt/c1-2-10-28(11-3-1)29-19-21-30(22-20-29)34-15-9-25-43-41(34)31-12-8-13-33(26-31)45-38-17-6-4-14-35(38)36-24-23-32(27-39(36)45)42-44-37-16-5-7-18-40(37)46-42;/h1-25H;/q-2;+2. The van der Waals surface area contributed by atoms with Gasteiger partial charge in [-0.3, -0.25) is 4.98 Å². The Kier molecular flexibility index (Phi) is 7.61. The molecule has 0 bridgehead atoms. The van der Waals surface area contributed by atoms with Gasteiger partial charge in [0.05, 0.1) is 5.52 Å². The molecule has 0 N–H and O–H groups in total. The Balaban J connectivity index is 0.00000324. The molecule has 3 nitrogen and oxygen atoms in total. The van der Waals surface area contributed by atoms with Crippen LogP contribution in [-0.4, -0.2) is 14.5 Å². The molecule has 5 heteroatoms. The van der Waals surface area contributed by atoms with Gasteiger partial charge in [0.2, 0.25) is 0 Å². The molecule has 0 fully saturated rings. The summed E-state index contributed by atoms with van der Waals surface area (Å²) >= 11 is 1.70. The second-order valence-electron chi connectivity index (χ2n) is 11.3. The minimum Gasteiger partial charge on any atom is -0.346 e. The summed E-state index contributed by atoms with van der Waals surface area (Å²) in [5.41, 5.74) is 11.5. The predicted molar refractivity (Wildman–Crippen MR) is 191 cm³/mol. The maximum absolute atomic E-state index is 4.92. The fourth-order valence-electron chi connectivity index (χ4n) is 6.31. The molecule has 0 saturated carbocycles. The first-order chi connectivity index (χ1) is 22.8. The Labute approximate surface area is 291 Å². The zero-order valence-corrected chi connectivity index (χ0v) is 28.1. The Bertz CT molecular complexity index is 2500. The summed E-state index contributed by atoms with van der Waals surface area (Å²) < 4.78 is 3.44. The molecule has 0 saturated heterocycles. The van der Waals surface area contributed by atoms with Crippen LogP contribution in [0.1, 0.15) is 0 Å². The van der Waals surface area contributed by atoms with Gasteiger partial charge in [0.15, 0.2) is 0 Å². The van der Waals surface area contributed by atoms with Crippen LogP contribution in [0.15, 0.2) is 152 Å². The van der Waals surface area contributed by atoms with E-state index < -0.39 is 0 Å². The maximum atomic E-state index is 4.92. The Morgan fingerprint density at radius 1 is 0.553 bits per heavy atom. The van der Waals surface area contributed by atoms with E-state index in [1.807, 2.05) is 24.4 Å². The SMILES string of the molecule is [Pt+2].[c-]1c(-c2ncccc2-c2ccc(-c3ccccc3)cc2)cccc1-n1c2[c-]c(-c3nc4ccccc4s3)ccc2c2ccccc21. The number of rotatable bonds is 5. The topological polar surface area (TPSA) is 30.7 Å². The molecule has 3 aromatic heterocycles. The monoisotopic (exact) mass is 798 g/mol. The van der Waals surface area contributed by atoms with E-state index >= 15 is 0 Å². The number of hydrogen-bond donors (Lipinski definition) is 0. The van der Waals surface area contributed by atoms with Crippen LogP contribution in [-0.2, 0) is 21.1 Å². The van der Waals surface area contributed by atoms with E-state index in [0.717, 1.165) is 60.6 Å². The minimum absolute atomic E-state index is 0. The van der Waals surface area contributed by atoms with Crippen molar-refractivity contribution in [3.8, 4) is 49.8 Å². The van der Waals surface area contributed by atoms with Gasteiger partial charge in [-0.15, -0.1) is 53.6 Å². The van der Waals surface area contributed by atoms with Gasteiger partial charge in [0, 0.05) is 21.4 Å². The van der Waals surface area contributed by atoms with Crippen molar-refractivity contribution >= 4 is 43.4 Å². The van der Waals surface area contributed by atoms with E-state index in [1.54, 1.807) is 11.3 Å². The van der Waals surface area contributed by atoms with Crippen LogP contribution in [0, 0.1) is 12.1 Å². The first kappa shape index (κ1) is 29.3. The van der Waals surface area contributed by atoms with Gasteiger partial charge >= 0.3 is 21.1 Å². The third-order valence-electron chi connectivity index (χ3n) is 8.49. The molecule has 0 spiro atoms. The van der Waals surface area contributed by atoms with Gasteiger partial charge in [-0.25, -0.2) is 0 Å². The molecule has 3 heterocycles. The fraction of sp³-hybridized carbons (Fsp3) is 0. The molecule has 0 aliphatic rings. The minimum atomic E-state index is 0. The van der Waals surface area contributed by atoms with Crippen molar-refractivity contribution in [2.24, 2.45) is 0 Å². The summed E-state index contributed by atoms with van der Waals surface area (Å²) in [7, 11) is 0. The maximum Gasteiger partial charge on any atom is 2.00 e. The Hall–Kier alpha value is -5.15. The summed E-state index contributed by atoms with van der Waals surface area (Å²) in [6, 6.07) is 58.3. The summed E-state index contributed by atoms with van der Waals surface area (Å²) in [4.78, 5) is 9.80. The van der Waals surface area contributed by atoms with Crippen LogP contribution in [0.3, 0.4) is 0 Å². The van der Waals surface area contributed by atoms with E-state index in [-0.39, 0.29) is 21.1 Å². The Morgan fingerprint density at radius 3 is 2.19 bits per heavy atom. The molecule has 9 rings (SSSR count). The predicted octanol–water partition coefficient (Wildman–Crippen LogP) is 11.1. The van der Waals surface area contributed by atoms with Crippen LogP contribution < -0.4 is 0 Å². The number of aromatic nitrogens is 3. The molecule has 224 valence electrons. The van der Waals surface area contributed by atoms with Gasteiger partial charge in [-0.05, 0) is 68.8 Å². The van der Waals surface area contributed by atoms with E-state index in [2.05, 4.69) is 144 Å². The van der Waals surface area contributed by atoms with Crippen molar-refractivity contribution in [1.82, 2.24) is 14.5 Å². The van der Waals surface area contributed by atoms with Gasteiger partial charge in [-0.1, -0.05) is 96.4 Å². The van der Waals surface area contributed by atoms with Crippen LogP contribution in [0.4, 0.5) is 0 Å². The molecule has 6 aromatic carbocycles. The second kappa shape index (κ2) is 12.2. The fourth-order valence-corrected chi connectivity index (χ4v) is 7.25. The summed E-state index contributed by atoms with van der Waals surface area (Å²) in [6.07, 6.45) is 1.86. The molecule has 0 radical (unpaired) electrons. The number of hydrogen-bond acceptors (Lipinski definition) is 3. The molecular weight excluding hydrogens is 774 g/mol. The Morgan fingerprint density at radius 2 is 1.32 bits per heavy atom. The van der Waals surface area contributed by atoms with Crippen LogP contribution in [0.2, 0.25) is 0 Å². The number of para-hydroxylation sites is 2. The second-order valence-corrected chi connectivity index (χ2v) is 12.3. The summed E-state index contributed by atoms with van der Waals surface area (Å²) in [5.74, 6) is 0. The zero-order valence-electron chi connectivity index (χ0n) is 25.0. The molecule has 0 unspecified atom stereocenters. The van der Waals surface area contributed by atoms with Gasteiger partial charge in [0.25, 0.3) is 0 Å². The van der Waals surface area contributed by atoms with Crippen LogP contribution in [0.5, 0.6) is 0 Å². The number of benzene rings is 6. The third kappa shape index (κ3) is 5.20. The van der Waals surface area contributed by atoms with Crippen molar-refractivity contribution in [2.45, 2.75) is 0 Å². The first-order valence-electron chi connectivity index (χ1n) is 15.3. The average molecular weight is 799 g/mol. The van der Waals surface area contributed by atoms with E-state index in [1.165, 1.54) is 21.2 Å². The van der Waals surface area contributed by atoms with Crippen LogP contribution in [0.25, 0.3) is 81.8 Å².